The van der Waals surface area contributed by atoms with Gasteiger partial charge in [0.05, 0.1) is 18.8 Å². The summed E-state index contributed by atoms with van der Waals surface area (Å²) in [6.45, 7) is 4.11. The molecule has 1 saturated heterocycles. The third-order valence-electron chi connectivity index (χ3n) is 2.94. The van der Waals surface area contributed by atoms with E-state index in [1.54, 1.807) is 19.1 Å². The minimum atomic E-state index is -0.456. The fourth-order valence-electron chi connectivity index (χ4n) is 1.88. The van der Waals surface area contributed by atoms with Crippen molar-refractivity contribution in [1.82, 2.24) is 10.6 Å². The lowest BCUT2D eigenvalue weighted by atomic mass is 10.1. The van der Waals surface area contributed by atoms with Crippen LogP contribution in [0.5, 0.6) is 0 Å². The summed E-state index contributed by atoms with van der Waals surface area (Å²) < 4.78 is 19.0. The minimum Gasteiger partial charge on any atom is -0.378 e. The van der Waals surface area contributed by atoms with Crippen molar-refractivity contribution in [3.8, 4) is 0 Å². The fourth-order valence-corrected chi connectivity index (χ4v) is 1.88. The molecule has 1 aromatic rings. The number of ether oxygens (including phenoxy) is 1. The molecule has 98 valence electrons. The van der Waals surface area contributed by atoms with E-state index in [4.69, 9.17) is 4.74 Å². The lowest BCUT2D eigenvalue weighted by Crippen LogP contribution is -2.48. The standard InChI is InChI=1S/C13H17FN2O2/c1-9-3-2-4-11(12(9)14)13(17)16-7-10-8-18-6-5-15-10/h2-4,10,15H,5-8H2,1H3,(H,16,17). The molecule has 0 spiro atoms. The molecule has 2 rings (SSSR count). The summed E-state index contributed by atoms with van der Waals surface area (Å²) in [7, 11) is 0. The van der Waals surface area contributed by atoms with Gasteiger partial charge in [-0.15, -0.1) is 0 Å². The summed E-state index contributed by atoms with van der Waals surface area (Å²) in [5.74, 6) is -0.841. The lowest BCUT2D eigenvalue weighted by Gasteiger charge is -2.24. The molecule has 0 aliphatic carbocycles. The summed E-state index contributed by atoms with van der Waals surface area (Å²) in [5.41, 5.74) is 0.563. The molecule has 18 heavy (non-hydrogen) atoms. The minimum absolute atomic E-state index is 0.0896. The predicted octanol–water partition coefficient (Wildman–Crippen LogP) is 0.852. The third-order valence-corrected chi connectivity index (χ3v) is 2.94. The van der Waals surface area contributed by atoms with Gasteiger partial charge in [-0.3, -0.25) is 4.79 Å². The number of carbonyl (C=O) groups excluding carboxylic acids is 1. The van der Waals surface area contributed by atoms with Crippen molar-refractivity contribution in [3.05, 3.63) is 35.1 Å². The molecule has 0 saturated carbocycles. The van der Waals surface area contributed by atoms with Crippen LogP contribution in [-0.4, -0.2) is 38.3 Å². The molecule has 1 aliphatic heterocycles. The lowest BCUT2D eigenvalue weighted by molar-refractivity contribution is 0.0734. The first-order valence-electron chi connectivity index (χ1n) is 6.03. The van der Waals surface area contributed by atoms with E-state index in [0.717, 1.165) is 6.54 Å². The maximum atomic E-state index is 13.7. The van der Waals surface area contributed by atoms with Crippen LogP contribution in [0, 0.1) is 12.7 Å². The first-order valence-corrected chi connectivity index (χ1v) is 6.03. The maximum Gasteiger partial charge on any atom is 0.254 e. The second-order valence-corrected chi connectivity index (χ2v) is 4.37. The van der Waals surface area contributed by atoms with E-state index in [1.165, 1.54) is 6.07 Å². The van der Waals surface area contributed by atoms with Gasteiger partial charge in [0.15, 0.2) is 0 Å². The number of carbonyl (C=O) groups is 1. The van der Waals surface area contributed by atoms with Gasteiger partial charge in [-0.1, -0.05) is 12.1 Å². The van der Waals surface area contributed by atoms with Gasteiger partial charge in [0, 0.05) is 19.1 Å². The molecule has 1 fully saturated rings. The highest BCUT2D eigenvalue weighted by Gasteiger charge is 2.16. The van der Waals surface area contributed by atoms with E-state index in [-0.39, 0.29) is 17.5 Å². The Morgan fingerprint density at radius 1 is 1.61 bits per heavy atom. The third kappa shape index (κ3) is 3.05. The smallest absolute Gasteiger partial charge is 0.254 e. The SMILES string of the molecule is Cc1cccc(C(=O)NCC2COCCN2)c1F. The molecule has 1 aromatic carbocycles. The highest BCUT2D eigenvalue weighted by Crippen LogP contribution is 2.11. The van der Waals surface area contributed by atoms with Crippen molar-refractivity contribution >= 4 is 5.91 Å². The van der Waals surface area contributed by atoms with Crippen LogP contribution in [0.3, 0.4) is 0 Å². The number of rotatable bonds is 3. The van der Waals surface area contributed by atoms with Gasteiger partial charge in [0.1, 0.15) is 5.82 Å². The average Bonchev–Trinajstić information content (AvgIpc) is 2.40. The highest BCUT2D eigenvalue weighted by atomic mass is 19.1. The van der Waals surface area contributed by atoms with Gasteiger partial charge in [-0.25, -0.2) is 4.39 Å². The number of hydrogen-bond donors (Lipinski definition) is 2. The molecule has 1 atom stereocenters. The van der Waals surface area contributed by atoms with E-state index < -0.39 is 5.82 Å². The molecule has 1 heterocycles. The summed E-state index contributed by atoms with van der Waals surface area (Å²) in [4.78, 5) is 11.8. The summed E-state index contributed by atoms with van der Waals surface area (Å²) in [6.07, 6.45) is 0. The molecule has 1 amide bonds. The Kier molecular flexibility index (Phi) is 4.28. The normalized spacial score (nSPS) is 19.6. The quantitative estimate of drug-likeness (QED) is 0.838. The number of benzene rings is 1. The van der Waals surface area contributed by atoms with Crippen LogP contribution in [0.25, 0.3) is 0 Å². The van der Waals surface area contributed by atoms with Gasteiger partial charge in [0.2, 0.25) is 0 Å². The largest absolute Gasteiger partial charge is 0.378 e. The zero-order valence-electron chi connectivity index (χ0n) is 10.3. The average molecular weight is 252 g/mol. The number of aryl methyl sites for hydroxylation is 1. The predicted molar refractivity (Wildman–Crippen MR) is 66.1 cm³/mol. The van der Waals surface area contributed by atoms with Crippen molar-refractivity contribution < 1.29 is 13.9 Å². The Balaban J connectivity index is 1.93. The monoisotopic (exact) mass is 252 g/mol. The van der Waals surface area contributed by atoms with Crippen molar-refractivity contribution in [2.75, 3.05) is 26.3 Å². The number of hydrogen-bond acceptors (Lipinski definition) is 3. The number of morpholine rings is 1. The zero-order valence-corrected chi connectivity index (χ0v) is 10.3. The number of amides is 1. The topological polar surface area (TPSA) is 50.4 Å². The van der Waals surface area contributed by atoms with Crippen LogP contribution in [0.2, 0.25) is 0 Å². The molecule has 0 aromatic heterocycles. The van der Waals surface area contributed by atoms with E-state index in [2.05, 4.69) is 10.6 Å². The van der Waals surface area contributed by atoms with E-state index in [9.17, 15) is 9.18 Å². The summed E-state index contributed by atoms with van der Waals surface area (Å²) in [6, 6.07) is 4.90. The Morgan fingerprint density at radius 3 is 3.17 bits per heavy atom. The molecule has 2 N–H and O–H groups in total. The second kappa shape index (κ2) is 5.93. The number of halogens is 1. The van der Waals surface area contributed by atoms with Crippen molar-refractivity contribution in [3.63, 3.8) is 0 Å². The van der Waals surface area contributed by atoms with Gasteiger partial charge in [-0.2, -0.15) is 0 Å². The van der Waals surface area contributed by atoms with Crippen LogP contribution < -0.4 is 10.6 Å². The first kappa shape index (κ1) is 13.0. The van der Waals surface area contributed by atoms with Gasteiger partial charge in [-0.05, 0) is 18.6 Å². The van der Waals surface area contributed by atoms with E-state index >= 15 is 0 Å². The van der Waals surface area contributed by atoms with Crippen LogP contribution in [0.4, 0.5) is 4.39 Å². The summed E-state index contributed by atoms with van der Waals surface area (Å²) in [5, 5.41) is 5.93. The van der Waals surface area contributed by atoms with Crippen LogP contribution in [-0.2, 0) is 4.74 Å². The zero-order chi connectivity index (χ0) is 13.0. The van der Waals surface area contributed by atoms with Crippen LogP contribution in [0.15, 0.2) is 18.2 Å². The summed E-state index contributed by atoms with van der Waals surface area (Å²) >= 11 is 0. The molecular weight excluding hydrogens is 235 g/mol. The van der Waals surface area contributed by atoms with Crippen molar-refractivity contribution in [2.45, 2.75) is 13.0 Å². The highest BCUT2D eigenvalue weighted by molar-refractivity contribution is 5.94. The molecule has 5 heteroatoms. The van der Waals surface area contributed by atoms with Gasteiger partial charge < -0.3 is 15.4 Å². The molecule has 1 aliphatic rings. The molecule has 1 unspecified atom stereocenters. The van der Waals surface area contributed by atoms with Crippen molar-refractivity contribution in [1.29, 1.82) is 0 Å². The fraction of sp³-hybridized carbons (Fsp3) is 0.462. The Bertz CT molecular complexity index is 431. The Labute approximate surface area is 106 Å². The van der Waals surface area contributed by atoms with Crippen LogP contribution in [0.1, 0.15) is 15.9 Å². The Morgan fingerprint density at radius 2 is 2.44 bits per heavy atom. The first-order chi connectivity index (χ1) is 8.68. The maximum absolute atomic E-state index is 13.7. The molecular formula is C13H17FN2O2. The molecule has 4 nitrogen and oxygen atoms in total. The Hall–Kier alpha value is -1.46. The van der Waals surface area contributed by atoms with Gasteiger partial charge in [0.25, 0.3) is 5.91 Å². The van der Waals surface area contributed by atoms with Crippen molar-refractivity contribution in [2.24, 2.45) is 0 Å². The molecule has 0 bridgehead atoms. The number of nitrogens with one attached hydrogen (secondary N) is 2. The van der Waals surface area contributed by atoms with E-state index in [0.29, 0.717) is 25.3 Å². The van der Waals surface area contributed by atoms with Gasteiger partial charge >= 0.3 is 0 Å². The molecule has 0 radical (unpaired) electrons. The van der Waals surface area contributed by atoms with E-state index in [1.807, 2.05) is 0 Å². The van der Waals surface area contributed by atoms with Crippen LogP contribution >= 0.6 is 0 Å². The second-order valence-electron chi connectivity index (χ2n) is 4.37.